The number of hydrogen-bond donors (Lipinski definition) is 0. The van der Waals surface area contributed by atoms with Crippen LogP contribution in [0, 0.1) is 0 Å². The van der Waals surface area contributed by atoms with Crippen LogP contribution in [0.25, 0.3) is 0 Å². The topological polar surface area (TPSA) is 29.5 Å². The van der Waals surface area contributed by atoms with E-state index in [-0.39, 0.29) is 5.91 Å². The molecule has 0 saturated carbocycles. The number of nitrogens with zero attached hydrogens (tertiary/aromatic N) is 1. The van der Waals surface area contributed by atoms with E-state index >= 15 is 0 Å². The van der Waals surface area contributed by atoms with Crippen molar-refractivity contribution in [3.8, 4) is 0 Å². The van der Waals surface area contributed by atoms with Gasteiger partial charge in [-0.2, -0.15) is 0 Å². The quantitative estimate of drug-likeness (QED) is 0.579. The van der Waals surface area contributed by atoms with E-state index in [1.165, 1.54) is 0 Å². The van der Waals surface area contributed by atoms with Crippen molar-refractivity contribution in [2.24, 2.45) is 0 Å². The smallest absolute Gasteiger partial charge is 0.246 e. The number of amides is 1. The predicted octanol–water partition coefficient (Wildman–Crippen LogP) is 1.06. The summed E-state index contributed by atoms with van der Waals surface area (Å²) in [5.74, 6) is 0.0528. The highest BCUT2D eigenvalue weighted by Gasteiger charge is 2.05. The molecule has 0 aromatic heterocycles. The maximum atomic E-state index is 11.3. The number of allylic oxidation sites excluding steroid dienone is 1. The summed E-state index contributed by atoms with van der Waals surface area (Å²) in [6, 6.07) is 0. The third kappa shape index (κ3) is 4.13. The largest absolute Gasteiger partial charge is 0.383 e. The van der Waals surface area contributed by atoms with Gasteiger partial charge in [-0.25, -0.2) is 0 Å². The van der Waals surface area contributed by atoms with Crippen LogP contribution >= 0.6 is 0 Å². The van der Waals surface area contributed by atoms with Gasteiger partial charge in [0.15, 0.2) is 0 Å². The summed E-state index contributed by atoms with van der Waals surface area (Å²) in [4.78, 5) is 13.0. The lowest BCUT2D eigenvalue weighted by Crippen LogP contribution is -2.32. The minimum atomic E-state index is 0.0528. The zero-order chi connectivity index (χ0) is 9.40. The van der Waals surface area contributed by atoms with Crippen molar-refractivity contribution in [1.82, 2.24) is 4.90 Å². The van der Waals surface area contributed by atoms with Gasteiger partial charge in [-0.15, -0.1) is 0 Å². The van der Waals surface area contributed by atoms with E-state index in [4.69, 9.17) is 4.74 Å². The molecular formula is C9H17NO2. The van der Waals surface area contributed by atoms with Crippen LogP contribution in [0.3, 0.4) is 0 Å². The Morgan fingerprint density at radius 1 is 1.58 bits per heavy atom. The van der Waals surface area contributed by atoms with E-state index in [0.29, 0.717) is 13.2 Å². The van der Waals surface area contributed by atoms with E-state index < -0.39 is 0 Å². The van der Waals surface area contributed by atoms with Crippen LogP contribution in [0.5, 0.6) is 0 Å². The molecule has 0 aromatic carbocycles. The van der Waals surface area contributed by atoms with Crippen molar-refractivity contribution >= 4 is 5.91 Å². The van der Waals surface area contributed by atoms with Gasteiger partial charge in [0.05, 0.1) is 6.61 Å². The van der Waals surface area contributed by atoms with E-state index in [1.807, 2.05) is 13.8 Å². The Kier molecular flexibility index (Phi) is 6.38. The van der Waals surface area contributed by atoms with E-state index in [1.54, 1.807) is 24.2 Å². The lowest BCUT2D eigenvalue weighted by Gasteiger charge is -2.18. The van der Waals surface area contributed by atoms with Crippen molar-refractivity contribution in [1.29, 1.82) is 0 Å². The molecule has 0 aromatic rings. The van der Waals surface area contributed by atoms with Crippen LogP contribution < -0.4 is 0 Å². The number of likely N-dealkylation sites (N-methyl/N-ethyl adjacent to an activating group) is 1. The van der Waals surface area contributed by atoms with Crippen LogP contribution in [0.4, 0.5) is 0 Å². The number of carbonyl (C=O) groups is 1. The first-order chi connectivity index (χ1) is 5.76. The second kappa shape index (κ2) is 6.85. The van der Waals surface area contributed by atoms with Gasteiger partial charge in [0.2, 0.25) is 5.91 Å². The van der Waals surface area contributed by atoms with Crippen molar-refractivity contribution < 1.29 is 9.53 Å². The van der Waals surface area contributed by atoms with Crippen LogP contribution in [0.15, 0.2) is 12.2 Å². The van der Waals surface area contributed by atoms with Gasteiger partial charge < -0.3 is 9.64 Å². The minimum Gasteiger partial charge on any atom is -0.383 e. The third-order valence-electron chi connectivity index (χ3n) is 1.57. The van der Waals surface area contributed by atoms with Gasteiger partial charge >= 0.3 is 0 Å². The number of methoxy groups -OCH3 is 1. The molecule has 0 fully saturated rings. The lowest BCUT2D eigenvalue weighted by atomic mass is 10.4. The molecule has 1 amide bonds. The maximum Gasteiger partial charge on any atom is 0.246 e. The van der Waals surface area contributed by atoms with Gasteiger partial charge in [0.1, 0.15) is 0 Å². The highest BCUT2D eigenvalue weighted by Crippen LogP contribution is 1.91. The highest BCUT2D eigenvalue weighted by atomic mass is 16.5. The first-order valence-electron chi connectivity index (χ1n) is 4.16. The van der Waals surface area contributed by atoms with E-state index in [2.05, 4.69) is 0 Å². The predicted molar refractivity (Wildman–Crippen MR) is 48.9 cm³/mol. The van der Waals surface area contributed by atoms with Crippen molar-refractivity contribution in [2.45, 2.75) is 13.8 Å². The fourth-order valence-corrected chi connectivity index (χ4v) is 0.874. The SMILES string of the molecule is CC=CC(=O)N(CC)CCOC. The Hall–Kier alpha value is -0.830. The summed E-state index contributed by atoms with van der Waals surface area (Å²) < 4.78 is 4.88. The molecule has 0 aliphatic rings. The zero-order valence-electron chi connectivity index (χ0n) is 8.04. The fraction of sp³-hybridized carbons (Fsp3) is 0.667. The molecule has 3 heteroatoms. The molecule has 0 heterocycles. The average molecular weight is 171 g/mol. The Labute approximate surface area is 74.0 Å². The van der Waals surface area contributed by atoms with Crippen LogP contribution in [0.2, 0.25) is 0 Å². The maximum absolute atomic E-state index is 11.3. The zero-order valence-corrected chi connectivity index (χ0v) is 8.04. The van der Waals surface area contributed by atoms with E-state index in [0.717, 1.165) is 6.54 Å². The molecule has 0 spiro atoms. The molecule has 0 saturated heterocycles. The molecule has 0 radical (unpaired) electrons. The summed E-state index contributed by atoms with van der Waals surface area (Å²) in [5, 5.41) is 0. The molecule has 70 valence electrons. The summed E-state index contributed by atoms with van der Waals surface area (Å²) >= 11 is 0. The molecule has 3 nitrogen and oxygen atoms in total. The first kappa shape index (κ1) is 11.2. The van der Waals surface area contributed by atoms with Crippen LogP contribution in [-0.2, 0) is 9.53 Å². The Morgan fingerprint density at radius 3 is 2.67 bits per heavy atom. The van der Waals surface area contributed by atoms with Gasteiger partial charge in [0, 0.05) is 20.2 Å². The third-order valence-corrected chi connectivity index (χ3v) is 1.57. The number of ether oxygens (including phenoxy) is 1. The summed E-state index contributed by atoms with van der Waals surface area (Å²) in [5.41, 5.74) is 0. The molecule has 0 atom stereocenters. The van der Waals surface area contributed by atoms with Gasteiger partial charge in [0.25, 0.3) is 0 Å². The number of carbonyl (C=O) groups excluding carboxylic acids is 1. The van der Waals surface area contributed by atoms with Gasteiger partial charge in [-0.1, -0.05) is 6.08 Å². The molecule has 0 aliphatic carbocycles. The first-order valence-corrected chi connectivity index (χ1v) is 4.16. The molecule has 12 heavy (non-hydrogen) atoms. The number of rotatable bonds is 5. The monoisotopic (exact) mass is 171 g/mol. The summed E-state index contributed by atoms with van der Waals surface area (Å²) in [7, 11) is 1.63. The fourth-order valence-electron chi connectivity index (χ4n) is 0.874. The molecule has 0 unspecified atom stereocenters. The van der Waals surface area contributed by atoms with Crippen molar-refractivity contribution in [3.63, 3.8) is 0 Å². The Bertz CT molecular complexity index is 155. The van der Waals surface area contributed by atoms with Gasteiger partial charge in [-0.05, 0) is 19.9 Å². The second-order valence-corrected chi connectivity index (χ2v) is 2.41. The Morgan fingerprint density at radius 2 is 2.25 bits per heavy atom. The lowest BCUT2D eigenvalue weighted by molar-refractivity contribution is -0.126. The average Bonchev–Trinajstić information content (AvgIpc) is 2.06. The standard InChI is InChI=1S/C9H17NO2/c1-4-6-9(11)10(5-2)7-8-12-3/h4,6H,5,7-8H2,1-3H3. The van der Waals surface area contributed by atoms with E-state index in [9.17, 15) is 4.79 Å². The van der Waals surface area contributed by atoms with Crippen LogP contribution in [0.1, 0.15) is 13.8 Å². The highest BCUT2D eigenvalue weighted by molar-refractivity contribution is 5.87. The molecule has 0 bridgehead atoms. The van der Waals surface area contributed by atoms with Crippen LogP contribution in [-0.4, -0.2) is 37.6 Å². The minimum absolute atomic E-state index is 0.0528. The van der Waals surface area contributed by atoms with Crippen molar-refractivity contribution in [3.05, 3.63) is 12.2 Å². The molecular weight excluding hydrogens is 154 g/mol. The normalized spacial score (nSPS) is 10.6. The summed E-state index contributed by atoms with van der Waals surface area (Å²) in [6.45, 7) is 5.78. The Balaban J connectivity index is 3.87. The second-order valence-electron chi connectivity index (χ2n) is 2.41. The van der Waals surface area contributed by atoms with Gasteiger partial charge in [-0.3, -0.25) is 4.79 Å². The molecule has 0 rings (SSSR count). The molecule has 0 N–H and O–H groups in total. The summed E-state index contributed by atoms with van der Waals surface area (Å²) in [6.07, 6.45) is 3.32. The van der Waals surface area contributed by atoms with Crippen molar-refractivity contribution in [2.75, 3.05) is 26.8 Å². The number of hydrogen-bond acceptors (Lipinski definition) is 2. The molecule has 0 aliphatic heterocycles.